The normalized spacial score (nSPS) is 17.6. The highest BCUT2D eigenvalue weighted by Crippen LogP contribution is 2.50. The van der Waals surface area contributed by atoms with Crippen LogP contribution < -0.4 is 23.7 Å². The average molecular weight is 585 g/mol. The summed E-state index contributed by atoms with van der Waals surface area (Å²) in [5.74, 6) is -0.538. The Labute approximate surface area is 251 Å². The molecule has 1 aliphatic carbocycles. The summed E-state index contributed by atoms with van der Waals surface area (Å²) in [5.41, 5.74) is 2.88. The first-order valence-electron chi connectivity index (χ1n) is 14.1. The monoisotopic (exact) mass is 584 g/mol. The van der Waals surface area contributed by atoms with Gasteiger partial charge in [-0.2, -0.15) is 0 Å². The molecule has 1 aliphatic rings. The first kappa shape index (κ1) is 29.8. The molecule has 8 heteroatoms. The first-order valence-corrected chi connectivity index (χ1v) is 14.1. The van der Waals surface area contributed by atoms with Crippen molar-refractivity contribution in [3.63, 3.8) is 0 Å². The van der Waals surface area contributed by atoms with Crippen molar-refractivity contribution in [3.05, 3.63) is 89.0 Å². The number of carbonyl (C=O) groups is 2. The summed E-state index contributed by atoms with van der Waals surface area (Å²) >= 11 is 0. The van der Waals surface area contributed by atoms with Crippen molar-refractivity contribution < 1.29 is 38.0 Å². The largest absolute Gasteiger partial charge is 0.493 e. The Balaban J connectivity index is 1.57. The Bertz CT molecular complexity index is 1630. The van der Waals surface area contributed by atoms with Gasteiger partial charge in [-0.05, 0) is 51.7 Å². The van der Waals surface area contributed by atoms with Gasteiger partial charge in [0, 0.05) is 23.8 Å². The predicted octanol–water partition coefficient (Wildman–Crippen LogP) is 6.25. The number of rotatable bonds is 10. The second-order valence-electron chi connectivity index (χ2n) is 10.5. The molecule has 0 N–H and O–H groups in total. The van der Waals surface area contributed by atoms with Crippen LogP contribution in [0, 0.1) is 11.8 Å². The summed E-state index contributed by atoms with van der Waals surface area (Å²) in [5, 5.41) is 2.24. The maximum absolute atomic E-state index is 14.0. The summed E-state index contributed by atoms with van der Waals surface area (Å²) < 4.78 is 33.9. The molecule has 3 atom stereocenters. The molecule has 0 spiro atoms. The summed E-state index contributed by atoms with van der Waals surface area (Å²) in [6.07, 6.45) is 0.540. The van der Waals surface area contributed by atoms with Crippen molar-refractivity contribution in [2.24, 2.45) is 11.8 Å². The lowest BCUT2D eigenvalue weighted by Crippen LogP contribution is -2.39. The van der Waals surface area contributed by atoms with E-state index in [0.717, 1.165) is 16.3 Å². The van der Waals surface area contributed by atoms with Crippen LogP contribution in [0.1, 0.15) is 39.9 Å². The number of hydrogen-bond acceptors (Lipinski definition) is 8. The van der Waals surface area contributed by atoms with Gasteiger partial charge in [-0.15, -0.1) is 0 Å². The van der Waals surface area contributed by atoms with Gasteiger partial charge in [0.15, 0.2) is 28.8 Å². The molecule has 0 aliphatic heterocycles. The molecule has 0 heterocycles. The van der Waals surface area contributed by atoms with E-state index in [2.05, 4.69) is 18.2 Å². The highest BCUT2D eigenvalue weighted by molar-refractivity contribution is 6.04. The summed E-state index contributed by atoms with van der Waals surface area (Å²) in [7, 11) is 7.66. The van der Waals surface area contributed by atoms with Gasteiger partial charge in [-0.1, -0.05) is 49.4 Å². The number of fused-ring (bicyclic) bond motifs is 2. The molecule has 43 heavy (non-hydrogen) atoms. The van der Waals surface area contributed by atoms with Crippen molar-refractivity contribution >= 4 is 22.5 Å². The Kier molecular flexibility index (Phi) is 8.76. The smallest absolute Gasteiger partial charge is 0.310 e. The highest BCUT2D eigenvalue weighted by Gasteiger charge is 2.46. The molecule has 4 aromatic rings. The second-order valence-corrected chi connectivity index (χ2v) is 10.5. The fourth-order valence-corrected chi connectivity index (χ4v) is 6.13. The van der Waals surface area contributed by atoms with Gasteiger partial charge >= 0.3 is 5.97 Å². The molecule has 0 bridgehead atoms. The Morgan fingerprint density at radius 3 is 2.02 bits per heavy atom. The molecule has 4 aromatic carbocycles. The van der Waals surface area contributed by atoms with E-state index in [0.29, 0.717) is 51.9 Å². The minimum Gasteiger partial charge on any atom is -0.493 e. The van der Waals surface area contributed by atoms with Crippen LogP contribution in [0.15, 0.2) is 66.7 Å². The zero-order chi connectivity index (χ0) is 30.7. The Morgan fingerprint density at radius 1 is 0.744 bits per heavy atom. The summed E-state index contributed by atoms with van der Waals surface area (Å²) in [4.78, 5) is 27.8. The number of ketones is 1. The quantitative estimate of drug-likeness (QED) is 0.202. The third kappa shape index (κ3) is 5.45. The molecular weight excluding hydrogens is 548 g/mol. The van der Waals surface area contributed by atoms with Gasteiger partial charge in [0.05, 0.1) is 48.1 Å². The van der Waals surface area contributed by atoms with Crippen molar-refractivity contribution in [1.29, 1.82) is 0 Å². The van der Waals surface area contributed by atoms with E-state index in [-0.39, 0.29) is 12.4 Å². The van der Waals surface area contributed by atoms with E-state index in [4.69, 9.17) is 28.4 Å². The van der Waals surface area contributed by atoms with Crippen LogP contribution in [0.2, 0.25) is 0 Å². The number of Topliss-reactive ketones (excluding diaryl/α,β-unsaturated/α-hetero) is 1. The number of ether oxygens (including phenoxy) is 6. The molecule has 3 unspecified atom stereocenters. The van der Waals surface area contributed by atoms with E-state index in [1.54, 1.807) is 19.1 Å². The lowest BCUT2D eigenvalue weighted by atomic mass is 9.66. The van der Waals surface area contributed by atoms with Crippen LogP contribution >= 0.6 is 0 Å². The second kappa shape index (κ2) is 12.7. The minimum absolute atomic E-state index is 0.171. The SMILES string of the molecule is COc1cc2c(cc1OC)C(c1cc(OC)c(OC)c(OC)c1)C(C(=O)OCCc1cccc3ccccc13)C(C)C2=O. The van der Waals surface area contributed by atoms with Crippen molar-refractivity contribution in [2.45, 2.75) is 19.3 Å². The maximum Gasteiger partial charge on any atom is 0.310 e. The zero-order valence-corrected chi connectivity index (χ0v) is 25.3. The fraction of sp³-hybridized carbons (Fsp3) is 0.314. The standard InChI is InChI=1S/C35H36O8/c1-20-31(35(37)43-15-14-22-12-9-11-21-10-7-8-13-24(21)22)32(23-16-29(40-4)34(42-6)30(17-23)41-5)25-18-27(38-2)28(39-3)19-26(25)33(20)36/h7-13,16-20,31-32H,14-15H2,1-6H3. The molecule has 8 nitrogen and oxygen atoms in total. The third-order valence-corrected chi connectivity index (χ3v) is 8.28. The summed E-state index contributed by atoms with van der Waals surface area (Å²) in [6.45, 7) is 1.94. The number of methoxy groups -OCH3 is 5. The van der Waals surface area contributed by atoms with Crippen LogP contribution in [0.3, 0.4) is 0 Å². The summed E-state index contributed by atoms with van der Waals surface area (Å²) in [6, 6.07) is 21.3. The topological polar surface area (TPSA) is 89.5 Å². The van der Waals surface area contributed by atoms with E-state index < -0.39 is 23.7 Å². The molecule has 0 saturated carbocycles. The molecule has 224 valence electrons. The fourth-order valence-electron chi connectivity index (χ4n) is 6.13. The van der Waals surface area contributed by atoms with Crippen LogP contribution in [-0.2, 0) is 16.0 Å². The van der Waals surface area contributed by atoms with Crippen molar-refractivity contribution in [1.82, 2.24) is 0 Å². The van der Waals surface area contributed by atoms with E-state index in [1.165, 1.54) is 35.5 Å². The van der Waals surface area contributed by atoms with Gasteiger partial charge in [0.1, 0.15) is 0 Å². The maximum atomic E-state index is 14.0. The number of hydrogen-bond donors (Lipinski definition) is 0. The van der Waals surface area contributed by atoms with Gasteiger partial charge in [0.2, 0.25) is 5.75 Å². The molecule has 0 saturated heterocycles. The van der Waals surface area contributed by atoms with Crippen LogP contribution in [0.25, 0.3) is 10.8 Å². The van der Waals surface area contributed by atoms with Gasteiger partial charge < -0.3 is 28.4 Å². The first-order chi connectivity index (χ1) is 20.9. The Hall–Kier alpha value is -4.72. The number of benzene rings is 4. The van der Waals surface area contributed by atoms with E-state index >= 15 is 0 Å². The Morgan fingerprint density at radius 2 is 1.37 bits per heavy atom. The van der Waals surface area contributed by atoms with Gasteiger partial charge in [-0.25, -0.2) is 0 Å². The van der Waals surface area contributed by atoms with E-state index in [1.807, 2.05) is 36.4 Å². The highest BCUT2D eigenvalue weighted by atomic mass is 16.5. The number of esters is 1. The molecule has 0 aromatic heterocycles. The third-order valence-electron chi connectivity index (χ3n) is 8.28. The van der Waals surface area contributed by atoms with Crippen LogP contribution in [-0.4, -0.2) is 53.9 Å². The van der Waals surface area contributed by atoms with Gasteiger partial charge in [0.25, 0.3) is 0 Å². The molecule has 0 amide bonds. The molecular formula is C35H36O8. The number of carbonyl (C=O) groups excluding carboxylic acids is 2. The molecule has 0 radical (unpaired) electrons. The zero-order valence-electron chi connectivity index (χ0n) is 25.3. The lowest BCUT2D eigenvalue weighted by molar-refractivity contribution is -0.150. The molecule has 0 fully saturated rings. The lowest BCUT2D eigenvalue weighted by Gasteiger charge is -2.36. The van der Waals surface area contributed by atoms with Crippen molar-refractivity contribution in [3.8, 4) is 28.7 Å². The van der Waals surface area contributed by atoms with Crippen LogP contribution in [0.5, 0.6) is 28.7 Å². The minimum atomic E-state index is -0.826. The average Bonchev–Trinajstić information content (AvgIpc) is 3.04. The van der Waals surface area contributed by atoms with Gasteiger partial charge in [-0.3, -0.25) is 9.59 Å². The van der Waals surface area contributed by atoms with Crippen molar-refractivity contribution in [2.75, 3.05) is 42.2 Å². The van der Waals surface area contributed by atoms with E-state index in [9.17, 15) is 9.59 Å². The van der Waals surface area contributed by atoms with Crippen LogP contribution in [0.4, 0.5) is 0 Å². The molecule has 5 rings (SSSR count). The predicted molar refractivity (Wildman–Crippen MR) is 163 cm³/mol.